The fourth-order valence-corrected chi connectivity index (χ4v) is 9.46. The highest BCUT2D eigenvalue weighted by molar-refractivity contribution is 7.86. The molecule has 10 heteroatoms. The molecule has 4 fully saturated rings. The maximum Gasteiger partial charge on any atom is 0.402 e. The van der Waals surface area contributed by atoms with Crippen molar-refractivity contribution in [2.45, 2.75) is 103 Å². The van der Waals surface area contributed by atoms with E-state index in [0.29, 0.717) is 47.9 Å². The quantitative estimate of drug-likeness (QED) is 0.226. The second-order valence-electron chi connectivity index (χ2n) is 12.8. The first-order valence-electron chi connectivity index (χ1n) is 13.8. The summed E-state index contributed by atoms with van der Waals surface area (Å²) in [6.07, 6.45) is 10.5. The lowest BCUT2D eigenvalue weighted by Crippen LogP contribution is -2.54. The Morgan fingerprint density at radius 2 is 1.76 bits per heavy atom. The van der Waals surface area contributed by atoms with Crippen LogP contribution in [0.1, 0.15) is 91.4 Å². The number of ether oxygens (including phenoxy) is 2. The molecule has 4 saturated carbocycles. The Morgan fingerprint density at radius 3 is 2.43 bits per heavy atom. The second kappa shape index (κ2) is 10.4. The number of halogens is 2. The van der Waals surface area contributed by atoms with Gasteiger partial charge in [-0.15, -0.1) is 0 Å². The predicted molar refractivity (Wildman–Crippen MR) is 132 cm³/mol. The molecule has 0 aromatic heterocycles. The van der Waals surface area contributed by atoms with Crippen LogP contribution in [0.5, 0.6) is 0 Å². The molecule has 0 spiro atoms. The zero-order valence-electron chi connectivity index (χ0n) is 22.2. The van der Waals surface area contributed by atoms with E-state index < -0.39 is 27.9 Å². The van der Waals surface area contributed by atoms with E-state index in [9.17, 15) is 26.8 Å². The van der Waals surface area contributed by atoms with Gasteiger partial charge in [-0.3, -0.25) is 14.1 Å². The molecule has 4 aliphatic carbocycles. The summed E-state index contributed by atoms with van der Waals surface area (Å²) in [5, 5.41) is -4.50. The van der Waals surface area contributed by atoms with Crippen molar-refractivity contribution < 1.29 is 40.8 Å². The standard InChI is InChI=1S/C27H42F2O7S/c1-17(4-9-24(31)35-15-27(28,29)37(32,33)34)21-7-8-22-20-6-5-18-14-19(36-16-30)10-12-25(18,2)23(20)11-13-26(21,22)3/h16-23H,4-15H2,1-3H3,(H,32,33,34)/t17-,18?,19-,20+,21-,22+,23+,25+,26-/m1/s1. The molecule has 37 heavy (non-hydrogen) atoms. The molecule has 0 amide bonds. The normalized spacial score (nSPS) is 40.6. The van der Waals surface area contributed by atoms with E-state index in [1.54, 1.807) is 0 Å². The number of fused-ring (bicyclic) bond motifs is 5. The van der Waals surface area contributed by atoms with Crippen molar-refractivity contribution >= 4 is 22.6 Å². The summed E-state index contributed by atoms with van der Waals surface area (Å²) in [4.78, 5) is 22.9. The smallest absolute Gasteiger partial charge is 0.402 e. The largest absolute Gasteiger partial charge is 0.465 e. The predicted octanol–water partition coefficient (Wildman–Crippen LogP) is 5.63. The summed E-state index contributed by atoms with van der Waals surface area (Å²) in [5.74, 6) is 2.40. The van der Waals surface area contributed by atoms with E-state index in [0.717, 1.165) is 32.1 Å². The van der Waals surface area contributed by atoms with Crippen LogP contribution < -0.4 is 0 Å². The lowest BCUT2D eigenvalue weighted by atomic mass is 9.44. The van der Waals surface area contributed by atoms with Gasteiger partial charge in [-0.25, -0.2) is 0 Å². The van der Waals surface area contributed by atoms with E-state index in [4.69, 9.17) is 9.29 Å². The number of alkyl halides is 2. The molecule has 4 rings (SSSR count). The van der Waals surface area contributed by atoms with E-state index in [-0.39, 0.29) is 23.9 Å². The van der Waals surface area contributed by atoms with Crippen LogP contribution in [0.4, 0.5) is 8.78 Å². The second-order valence-corrected chi connectivity index (χ2v) is 14.4. The number of hydrogen-bond acceptors (Lipinski definition) is 6. The molecule has 7 nitrogen and oxygen atoms in total. The average Bonchev–Trinajstić information content (AvgIpc) is 3.18. The topological polar surface area (TPSA) is 107 Å². The molecule has 1 unspecified atom stereocenters. The third-order valence-electron chi connectivity index (χ3n) is 11.2. The lowest BCUT2D eigenvalue weighted by molar-refractivity contribution is -0.151. The molecule has 1 N–H and O–H groups in total. The maximum atomic E-state index is 13.4. The molecule has 0 aromatic rings. The van der Waals surface area contributed by atoms with Crippen LogP contribution in [0.2, 0.25) is 0 Å². The fraction of sp³-hybridized carbons (Fsp3) is 0.926. The SMILES string of the molecule is C[C@H](CCC(=O)OCC(F)(F)S(=O)(=O)O)[C@H]1CC[C@H]2[C@@H]3CCC4C[C@H](OC=O)CC[C@]4(C)[C@H]3CC[C@]12C. The molecule has 212 valence electrons. The summed E-state index contributed by atoms with van der Waals surface area (Å²) >= 11 is 0. The molecular formula is C27H42F2O7S. The summed E-state index contributed by atoms with van der Waals surface area (Å²) in [7, 11) is -5.62. The van der Waals surface area contributed by atoms with Gasteiger partial charge in [0, 0.05) is 6.42 Å². The molecule has 0 bridgehead atoms. The Labute approximate surface area is 219 Å². The Morgan fingerprint density at radius 1 is 1.08 bits per heavy atom. The van der Waals surface area contributed by atoms with Crippen molar-refractivity contribution in [1.29, 1.82) is 0 Å². The van der Waals surface area contributed by atoms with Gasteiger partial charge >= 0.3 is 21.3 Å². The third kappa shape index (κ3) is 5.30. The number of hydrogen-bond donors (Lipinski definition) is 1. The summed E-state index contributed by atoms with van der Waals surface area (Å²) in [5.41, 5.74) is 0.480. The van der Waals surface area contributed by atoms with Gasteiger partial charge in [0.05, 0.1) is 0 Å². The maximum absolute atomic E-state index is 13.4. The Bertz CT molecular complexity index is 972. The van der Waals surface area contributed by atoms with Gasteiger partial charge in [0.1, 0.15) is 6.10 Å². The molecule has 4 aliphatic rings. The minimum Gasteiger partial charge on any atom is -0.465 e. The summed E-state index contributed by atoms with van der Waals surface area (Å²) in [6.45, 7) is 5.93. The number of carbonyl (C=O) groups excluding carboxylic acids is 2. The van der Waals surface area contributed by atoms with Crippen LogP contribution in [0.25, 0.3) is 0 Å². The van der Waals surface area contributed by atoms with Crippen molar-refractivity contribution in [3.63, 3.8) is 0 Å². The Balaban J connectivity index is 1.35. The van der Waals surface area contributed by atoms with Crippen molar-refractivity contribution in [1.82, 2.24) is 0 Å². The molecule has 0 heterocycles. The molecule has 0 aliphatic heterocycles. The minimum atomic E-state index is -5.62. The van der Waals surface area contributed by atoms with Crippen molar-refractivity contribution in [2.75, 3.05) is 6.61 Å². The molecule has 0 saturated heterocycles. The number of carbonyl (C=O) groups is 2. The van der Waals surface area contributed by atoms with Crippen molar-refractivity contribution in [3.8, 4) is 0 Å². The third-order valence-corrected chi connectivity index (χ3v) is 12.1. The number of rotatable bonds is 9. The molecule has 9 atom stereocenters. The van der Waals surface area contributed by atoms with Crippen LogP contribution in [-0.4, -0.2) is 43.4 Å². The van der Waals surface area contributed by atoms with Gasteiger partial charge < -0.3 is 9.47 Å². The van der Waals surface area contributed by atoms with Crippen molar-refractivity contribution in [2.24, 2.45) is 46.3 Å². The molecule has 0 radical (unpaired) electrons. The van der Waals surface area contributed by atoms with E-state index in [2.05, 4.69) is 25.5 Å². The highest BCUT2D eigenvalue weighted by Crippen LogP contribution is 2.68. The van der Waals surface area contributed by atoms with Gasteiger partial charge in [0.15, 0.2) is 6.61 Å². The van der Waals surface area contributed by atoms with E-state index >= 15 is 0 Å². The van der Waals surface area contributed by atoms with Crippen LogP contribution in [0.3, 0.4) is 0 Å². The lowest BCUT2D eigenvalue weighted by Gasteiger charge is -2.61. The number of esters is 1. The highest BCUT2D eigenvalue weighted by Gasteiger charge is 2.60. The monoisotopic (exact) mass is 548 g/mol. The van der Waals surface area contributed by atoms with Gasteiger partial charge in [0.25, 0.3) is 6.47 Å². The zero-order valence-corrected chi connectivity index (χ0v) is 23.0. The van der Waals surface area contributed by atoms with Crippen LogP contribution in [0, 0.1) is 46.3 Å². The van der Waals surface area contributed by atoms with E-state index in [1.807, 2.05) is 0 Å². The molecular weight excluding hydrogens is 506 g/mol. The Kier molecular flexibility index (Phi) is 8.04. The first-order valence-corrected chi connectivity index (χ1v) is 15.3. The van der Waals surface area contributed by atoms with Gasteiger partial charge in [-0.05, 0) is 111 Å². The highest BCUT2D eigenvalue weighted by atomic mass is 32.2. The van der Waals surface area contributed by atoms with Gasteiger partial charge in [-0.1, -0.05) is 20.8 Å². The molecule has 0 aromatic carbocycles. The van der Waals surface area contributed by atoms with Gasteiger partial charge in [0.2, 0.25) is 0 Å². The van der Waals surface area contributed by atoms with Crippen LogP contribution in [0.15, 0.2) is 0 Å². The minimum absolute atomic E-state index is 0.0589. The van der Waals surface area contributed by atoms with Gasteiger partial charge in [-0.2, -0.15) is 17.2 Å². The zero-order chi connectivity index (χ0) is 27.2. The summed E-state index contributed by atoms with van der Waals surface area (Å²) in [6, 6.07) is 0. The first kappa shape index (κ1) is 28.7. The van der Waals surface area contributed by atoms with Crippen LogP contribution in [-0.2, 0) is 29.2 Å². The Hall–Kier alpha value is -1.29. The summed E-state index contributed by atoms with van der Waals surface area (Å²) < 4.78 is 66.5. The van der Waals surface area contributed by atoms with E-state index in [1.165, 1.54) is 25.7 Å². The first-order chi connectivity index (χ1) is 17.2. The average molecular weight is 549 g/mol. The van der Waals surface area contributed by atoms with Crippen molar-refractivity contribution in [3.05, 3.63) is 0 Å². The fourth-order valence-electron chi connectivity index (χ4n) is 9.25. The van der Waals surface area contributed by atoms with Crippen LogP contribution >= 0.6 is 0 Å².